The second kappa shape index (κ2) is 9.35. The molecule has 1 aromatic carbocycles. The third kappa shape index (κ3) is 4.46. The lowest BCUT2D eigenvalue weighted by atomic mass is 9.64. The van der Waals surface area contributed by atoms with Crippen molar-refractivity contribution in [2.75, 3.05) is 0 Å². The van der Waals surface area contributed by atoms with Gasteiger partial charge in [0, 0.05) is 11.8 Å². The van der Waals surface area contributed by atoms with Crippen molar-refractivity contribution in [1.29, 1.82) is 0 Å². The number of esters is 1. The Kier molecular flexibility index (Phi) is 6.68. The van der Waals surface area contributed by atoms with Crippen LogP contribution in [-0.4, -0.2) is 28.1 Å². The summed E-state index contributed by atoms with van der Waals surface area (Å²) in [7, 11) is 0. The summed E-state index contributed by atoms with van der Waals surface area (Å²) in [6, 6.07) is 10.2. The molecule has 0 bridgehead atoms. The number of rotatable bonds is 6. The molecule has 4 atom stereocenters. The first-order chi connectivity index (χ1) is 15.7. The maximum Gasteiger partial charge on any atom is 0.328 e. The van der Waals surface area contributed by atoms with Gasteiger partial charge in [-0.05, 0) is 55.0 Å². The highest BCUT2D eigenvalue weighted by molar-refractivity contribution is 5.86. The van der Waals surface area contributed by atoms with Crippen molar-refractivity contribution in [2.45, 2.75) is 69.6 Å². The van der Waals surface area contributed by atoms with E-state index in [0.717, 1.165) is 29.7 Å². The Bertz CT molecular complexity index is 1020. The van der Waals surface area contributed by atoms with Crippen molar-refractivity contribution in [3.63, 3.8) is 0 Å². The lowest BCUT2D eigenvalue weighted by molar-refractivity contribution is -0.145. The smallest absolute Gasteiger partial charge is 0.328 e. The van der Waals surface area contributed by atoms with Crippen LogP contribution < -0.4 is 11.5 Å². The van der Waals surface area contributed by atoms with E-state index in [1.54, 1.807) is 12.3 Å². The van der Waals surface area contributed by atoms with E-state index in [-0.39, 0.29) is 17.7 Å². The molecule has 2 aliphatic rings. The number of carbonyl (C=O) groups is 1. The number of hydrogen-bond donors (Lipinski definition) is 2. The summed E-state index contributed by atoms with van der Waals surface area (Å²) >= 11 is 0. The molecule has 6 heteroatoms. The number of cyclic esters (lactones) is 1. The molecule has 1 saturated carbocycles. The minimum Gasteiger partial charge on any atom is -0.459 e. The van der Waals surface area contributed by atoms with Crippen LogP contribution in [0.25, 0.3) is 17.2 Å². The summed E-state index contributed by atoms with van der Waals surface area (Å²) in [6.45, 7) is 3.82. The van der Waals surface area contributed by atoms with E-state index in [0.29, 0.717) is 12.3 Å². The van der Waals surface area contributed by atoms with Gasteiger partial charge in [-0.25, -0.2) is 9.18 Å². The van der Waals surface area contributed by atoms with Crippen LogP contribution in [0.4, 0.5) is 4.39 Å². The molecule has 1 saturated heterocycles. The third-order valence-corrected chi connectivity index (χ3v) is 7.68. The fourth-order valence-corrected chi connectivity index (χ4v) is 5.53. The van der Waals surface area contributed by atoms with Gasteiger partial charge in [0.2, 0.25) is 0 Å². The Balaban J connectivity index is 1.52. The van der Waals surface area contributed by atoms with Crippen LogP contribution in [0.3, 0.4) is 0 Å². The van der Waals surface area contributed by atoms with Gasteiger partial charge >= 0.3 is 5.97 Å². The molecule has 5 nitrogen and oxygen atoms in total. The number of benzene rings is 1. The lowest BCUT2D eigenvalue weighted by Gasteiger charge is -2.43. The first kappa shape index (κ1) is 23.6. The quantitative estimate of drug-likeness (QED) is 0.613. The van der Waals surface area contributed by atoms with Gasteiger partial charge in [-0.15, -0.1) is 0 Å². The summed E-state index contributed by atoms with van der Waals surface area (Å²) in [5.74, 6) is -0.477. The second-order valence-corrected chi connectivity index (χ2v) is 9.79. The fraction of sp³-hybridized carbons (Fsp3) is 0.481. The summed E-state index contributed by atoms with van der Waals surface area (Å²) in [4.78, 5) is 17.4. The van der Waals surface area contributed by atoms with Gasteiger partial charge in [0.15, 0.2) is 0 Å². The molecule has 176 valence electrons. The number of pyridine rings is 1. The molecule has 0 spiro atoms. The van der Waals surface area contributed by atoms with Crippen LogP contribution in [0.1, 0.15) is 58.1 Å². The van der Waals surface area contributed by atoms with Crippen LogP contribution in [0.15, 0.2) is 48.7 Å². The molecule has 33 heavy (non-hydrogen) atoms. The van der Waals surface area contributed by atoms with Gasteiger partial charge in [0.25, 0.3) is 0 Å². The number of carbonyl (C=O) groups excluding carboxylic acids is 1. The molecule has 2 fully saturated rings. The molecule has 1 aliphatic heterocycles. The minimum absolute atomic E-state index is 0.211. The van der Waals surface area contributed by atoms with E-state index in [1.807, 2.05) is 44.2 Å². The number of halogens is 1. The largest absolute Gasteiger partial charge is 0.459 e. The number of nitrogens with two attached hydrogens (primary N) is 2. The zero-order valence-electron chi connectivity index (χ0n) is 19.5. The van der Waals surface area contributed by atoms with Gasteiger partial charge < -0.3 is 16.2 Å². The Morgan fingerprint density at radius 2 is 1.94 bits per heavy atom. The average Bonchev–Trinajstić information content (AvgIpc) is 2.98. The number of hydrogen-bond acceptors (Lipinski definition) is 5. The molecule has 0 amide bonds. The zero-order chi connectivity index (χ0) is 23.6. The van der Waals surface area contributed by atoms with Gasteiger partial charge in [-0.1, -0.05) is 63.3 Å². The minimum atomic E-state index is -1.22. The van der Waals surface area contributed by atoms with E-state index in [1.165, 1.54) is 31.4 Å². The first-order valence-electron chi connectivity index (χ1n) is 11.9. The maximum absolute atomic E-state index is 13.5. The van der Waals surface area contributed by atoms with Crippen molar-refractivity contribution in [2.24, 2.45) is 23.3 Å². The number of ether oxygens (including phenoxy) is 1. The molecule has 4 rings (SSSR count). The van der Waals surface area contributed by atoms with Crippen molar-refractivity contribution in [3.8, 4) is 11.1 Å². The SMILES string of the molecule is C[C@H](/C=C/c1ccc(-c2cccc(F)c2)cn1)[C@]1(N)[C@@H](C)OC(=O)[C@]1(N)CC1CCCCC1. The molecule has 0 radical (unpaired) electrons. The Morgan fingerprint density at radius 3 is 2.61 bits per heavy atom. The van der Waals surface area contributed by atoms with Crippen molar-refractivity contribution in [1.82, 2.24) is 4.98 Å². The molecular formula is C27H34FN3O2. The van der Waals surface area contributed by atoms with Gasteiger partial charge in [-0.3, -0.25) is 4.98 Å². The maximum atomic E-state index is 13.5. The lowest BCUT2D eigenvalue weighted by Crippen LogP contribution is -2.71. The molecule has 2 heterocycles. The van der Waals surface area contributed by atoms with E-state index in [9.17, 15) is 9.18 Å². The van der Waals surface area contributed by atoms with Crippen LogP contribution in [0, 0.1) is 17.7 Å². The highest BCUT2D eigenvalue weighted by Gasteiger charge is 2.64. The van der Waals surface area contributed by atoms with Crippen LogP contribution >= 0.6 is 0 Å². The second-order valence-electron chi connectivity index (χ2n) is 9.79. The Morgan fingerprint density at radius 1 is 1.18 bits per heavy atom. The summed E-state index contributed by atoms with van der Waals surface area (Å²) in [5.41, 5.74) is 13.9. The van der Waals surface area contributed by atoms with Crippen molar-refractivity contribution < 1.29 is 13.9 Å². The van der Waals surface area contributed by atoms with Crippen molar-refractivity contribution in [3.05, 3.63) is 60.2 Å². The number of aromatic nitrogens is 1. The Hall–Kier alpha value is -2.57. The monoisotopic (exact) mass is 451 g/mol. The van der Waals surface area contributed by atoms with E-state index in [2.05, 4.69) is 4.98 Å². The van der Waals surface area contributed by atoms with Gasteiger partial charge in [0.05, 0.1) is 11.2 Å². The standard InChI is InChI=1S/C27H34FN3O2/c1-18(11-13-24-14-12-22(17-31-24)21-9-6-10-23(28)15-21)27(30)19(2)33-25(32)26(27,29)16-20-7-4-3-5-8-20/h6,9-15,17-20H,3-5,7-8,16,29-30H2,1-2H3/b13-11+/t18-,19-,26-,27+/m1/s1. The van der Waals surface area contributed by atoms with Gasteiger partial charge in [0.1, 0.15) is 17.5 Å². The molecule has 1 aromatic heterocycles. The first-order valence-corrected chi connectivity index (χ1v) is 11.9. The summed E-state index contributed by atoms with van der Waals surface area (Å²) in [6.07, 6.45) is 11.4. The fourth-order valence-electron chi connectivity index (χ4n) is 5.53. The van der Waals surface area contributed by atoms with Crippen LogP contribution in [0.2, 0.25) is 0 Å². The highest BCUT2D eigenvalue weighted by atomic mass is 19.1. The summed E-state index contributed by atoms with van der Waals surface area (Å²) in [5, 5.41) is 0. The zero-order valence-corrected chi connectivity index (χ0v) is 19.5. The predicted octanol–water partition coefficient (Wildman–Crippen LogP) is 4.85. The van der Waals surface area contributed by atoms with E-state index >= 15 is 0 Å². The van der Waals surface area contributed by atoms with Crippen LogP contribution in [-0.2, 0) is 9.53 Å². The predicted molar refractivity (Wildman–Crippen MR) is 128 cm³/mol. The molecule has 1 aliphatic carbocycles. The highest BCUT2D eigenvalue weighted by Crippen LogP contribution is 2.44. The normalized spacial score (nSPS) is 29.4. The van der Waals surface area contributed by atoms with Crippen LogP contribution in [0.5, 0.6) is 0 Å². The third-order valence-electron chi connectivity index (χ3n) is 7.68. The van der Waals surface area contributed by atoms with E-state index < -0.39 is 17.2 Å². The topological polar surface area (TPSA) is 91.2 Å². The molecule has 4 N–H and O–H groups in total. The average molecular weight is 452 g/mol. The number of nitrogens with zero attached hydrogens (tertiary/aromatic N) is 1. The molecular weight excluding hydrogens is 417 g/mol. The molecule has 0 unspecified atom stereocenters. The molecule has 2 aromatic rings. The Labute approximate surface area is 195 Å². The summed E-state index contributed by atoms with van der Waals surface area (Å²) < 4.78 is 19.1. The van der Waals surface area contributed by atoms with Gasteiger partial charge in [-0.2, -0.15) is 0 Å². The van der Waals surface area contributed by atoms with E-state index in [4.69, 9.17) is 16.2 Å². The van der Waals surface area contributed by atoms with Crippen molar-refractivity contribution >= 4 is 12.0 Å².